The van der Waals surface area contributed by atoms with Gasteiger partial charge in [-0.15, -0.1) is 0 Å². The van der Waals surface area contributed by atoms with Gasteiger partial charge in [-0.05, 0) is 41.8 Å². The summed E-state index contributed by atoms with van der Waals surface area (Å²) in [5.41, 5.74) is 2.60. The summed E-state index contributed by atoms with van der Waals surface area (Å²) in [4.78, 5) is 65.2. The van der Waals surface area contributed by atoms with Crippen LogP contribution in [0.4, 0.5) is 5.69 Å². The lowest BCUT2D eigenvalue weighted by Crippen LogP contribution is -2.50. The lowest BCUT2D eigenvalue weighted by Gasteiger charge is -2.36. The van der Waals surface area contributed by atoms with E-state index in [4.69, 9.17) is 4.74 Å². The Morgan fingerprint density at radius 2 is 1.47 bits per heavy atom. The molecule has 34 heavy (non-hydrogen) atoms. The first kappa shape index (κ1) is 21.8. The van der Waals surface area contributed by atoms with Crippen molar-refractivity contribution < 1.29 is 28.7 Å². The number of benzene rings is 2. The SMILES string of the molecule is Cc1cc(COC(=O)/C=C/c2ccccc2)cc(N2C(=O)C3C4C(=O)N(C)C(=O)C4C3C2=O)c1. The first-order valence-corrected chi connectivity index (χ1v) is 11.0. The molecule has 4 unspecified atom stereocenters. The summed E-state index contributed by atoms with van der Waals surface area (Å²) < 4.78 is 5.32. The number of imide groups is 2. The molecule has 0 N–H and O–H groups in total. The summed E-state index contributed by atoms with van der Waals surface area (Å²) in [7, 11) is 1.38. The van der Waals surface area contributed by atoms with Crippen molar-refractivity contribution in [2.45, 2.75) is 13.5 Å². The minimum absolute atomic E-state index is 0.0390. The van der Waals surface area contributed by atoms with Crippen LogP contribution in [-0.4, -0.2) is 41.5 Å². The van der Waals surface area contributed by atoms with Crippen molar-refractivity contribution in [3.05, 3.63) is 71.3 Å². The predicted molar refractivity (Wildman–Crippen MR) is 121 cm³/mol. The monoisotopic (exact) mass is 458 g/mol. The first-order valence-electron chi connectivity index (χ1n) is 11.0. The molecule has 8 heteroatoms. The number of likely N-dealkylation sites (tertiary alicyclic amines) is 1. The number of carbonyl (C=O) groups excluding carboxylic acids is 5. The van der Waals surface area contributed by atoms with E-state index in [0.29, 0.717) is 11.3 Å². The summed E-state index contributed by atoms with van der Waals surface area (Å²) in [5.74, 6) is -5.38. The molecule has 4 atom stereocenters. The second-order valence-electron chi connectivity index (χ2n) is 8.88. The minimum atomic E-state index is -0.802. The molecule has 1 aliphatic carbocycles. The van der Waals surface area contributed by atoms with Crippen LogP contribution in [0.25, 0.3) is 6.08 Å². The molecule has 3 fully saturated rings. The smallest absolute Gasteiger partial charge is 0.331 e. The Kier molecular flexibility index (Phi) is 5.16. The van der Waals surface area contributed by atoms with Crippen LogP contribution >= 0.6 is 0 Å². The molecule has 2 saturated heterocycles. The fraction of sp³-hybridized carbons (Fsp3) is 0.269. The number of hydrogen-bond donors (Lipinski definition) is 0. The Balaban J connectivity index is 1.32. The molecule has 5 rings (SSSR count). The molecule has 0 aromatic heterocycles. The molecule has 2 aromatic rings. The minimum Gasteiger partial charge on any atom is -0.458 e. The van der Waals surface area contributed by atoms with E-state index in [1.165, 1.54) is 13.1 Å². The Bertz CT molecular complexity index is 1230. The summed E-state index contributed by atoms with van der Waals surface area (Å²) in [6, 6.07) is 14.4. The van der Waals surface area contributed by atoms with Gasteiger partial charge in [0.25, 0.3) is 0 Å². The fourth-order valence-electron chi connectivity index (χ4n) is 5.18. The Morgan fingerprint density at radius 3 is 2.09 bits per heavy atom. The van der Waals surface area contributed by atoms with Crippen LogP contribution in [0.5, 0.6) is 0 Å². The zero-order valence-electron chi connectivity index (χ0n) is 18.6. The number of rotatable bonds is 5. The van der Waals surface area contributed by atoms with Crippen LogP contribution in [0.1, 0.15) is 16.7 Å². The van der Waals surface area contributed by atoms with Gasteiger partial charge in [0.2, 0.25) is 23.6 Å². The number of ether oxygens (including phenoxy) is 1. The molecular formula is C26H22N2O6. The van der Waals surface area contributed by atoms with Crippen molar-refractivity contribution >= 4 is 41.4 Å². The molecule has 0 spiro atoms. The zero-order chi connectivity index (χ0) is 24.1. The van der Waals surface area contributed by atoms with Crippen LogP contribution in [0.3, 0.4) is 0 Å². The van der Waals surface area contributed by atoms with Crippen molar-refractivity contribution in [1.29, 1.82) is 0 Å². The number of carbonyl (C=O) groups is 5. The highest BCUT2D eigenvalue weighted by atomic mass is 16.5. The number of aryl methyl sites for hydroxylation is 1. The van der Waals surface area contributed by atoms with Crippen molar-refractivity contribution in [3.63, 3.8) is 0 Å². The second kappa shape index (κ2) is 8.06. The molecule has 2 aromatic carbocycles. The lowest BCUT2D eigenvalue weighted by molar-refractivity contribution is -0.146. The largest absolute Gasteiger partial charge is 0.458 e. The second-order valence-corrected chi connectivity index (χ2v) is 8.88. The number of hydrogen-bond acceptors (Lipinski definition) is 6. The van der Waals surface area contributed by atoms with Crippen LogP contribution in [-0.2, 0) is 35.3 Å². The molecule has 3 aliphatic rings. The maximum Gasteiger partial charge on any atom is 0.331 e. The molecule has 172 valence electrons. The normalized spacial score (nSPS) is 25.6. The maximum absolute atomic E-state index is 13.1. The molecular weight excluding hydrogens is 436 g/mol. The summed E-state index contributed by atoms with van der Waals surface area (Å²) >= 11 is 0. The highest BCUT2D eigenvalue weighted by molar-refractivity contribution is 6.27. The number of amides is 4. The predicted octanol–water partition coefficient (Wildman–Crippen LogP) is 2.10. The Hall–Kier alpha value is -4.07. The highest BCUT2D eigenvalue weighted by Gasteiger charge is 2.73. The van der Waals surface area contributed by atoms with E-state index >= 15 is 0 Å². The number of fused-ring (bicyclic) bond motifs is 4. The van der Waals surface area contributed by atoms with Crippen LogP contribution in [0.15, 0.2) is 54.6 Å². The van der Waals surface area contributed by atoms with E-state index in [1.807, 2.05) is 30.3 Å². The molecule has 4 amide bonds. The van der Waals surface area contributed by atoms with E-state index in [0.717, 1.165) is 20.9 Å². The van der Waals surface area contributed by atoms with Crippen LogP contribution in [0, 0.1) is 30.6 Å². The van der Waals surface area contributed by atoms with E-state index in [9.17, 15) is 24.0 Å². The molecule has 2 aliphatic heterocycles. The van der Waals surface area contributed by atoms with E-state index < -0.39 is 53.3 Å². The molecule has 1 saturated carbocycles. The third kappa shape index (κ3) is 3.34. The van der Waals surface area contributed by atoms with Gasteiger partial charge in [-0.25, -0.2) is 9.69 Å². The number of nitrogens with zero attached hydrogens (tertiary/aromatic N) is 2. The molecule has 8 nitrogen and oxygen atoms in total. The van der Waals surface area contributed by atoms with Crippen molar-refractivity contribution in [1.82, 2.24) is 4.90 Å². The van der Waals surface area contributed by atoms with Gasteiger partial charge in [-0.2, -0.15) is 0 Å². The van der Waals surface area contributed by atoms with Gasteiger partial charge in [-0.1, -0.05) is 36.4 Å². The fourth-order valence-corrected chi connectivity index (χ4v) is 5.18. The van der Waals surface area contributed by atoms with Crippen LogP contribution < -0.4 is 4.90 Å². The van der Waals surface area contributed by atoms with Gasteiger partial charge in [0.1, 0.15) is 6.61 Å². The van der Waals surface area contributed by atoms with Gasteiger partial charge in [0.15, 0.2) is 0 Å². The van der Waals surface area contributed by atoms with Gasteiger partial charge in [0, 0.05) is 13.1 Å². The quantitative estimate of drug-likeness (QED) is 0.386. The van der Waals surface area contributed by atoms with Crippen LogP contribution in [0.2, 0.25) is 0 Å². The topological polar surface area (TPSA) is 101 Å². The van der Waals surface area contributed by atoms with E-state index in [2.05, 4.69) is 0 Å². The maximum atomic E-state index is 13.1. The van der Waals surface area contributed by atoms with E-state index in [-0.39, 0.29) is 6.61 Å². The zero-order valence-corrected chi connectivity index (χ0v) is 18.6. The van der Waals surface area contributed by atoms with Gasteiger partial charge >= 0.3 is 5.97 Å². The highest BCUT2D eigenvalue weighted by Crippen LogP contribution is 2.56. The number of esters is 1. The van der Waals surface area contributed by atoms with E-state index in [1.54, 1.807) is 31.2 Å². The van der Waals surface area contributed by atoms with Crippen molar-refractivity contribution in [3.8, 4) is 0 Å². The first-order chi connectivity index (χ1) is 16.3. The molecule has 0 bridgehead atoms. The third-order valence-electron chi connectivity index (χ3n) is 6.76. The van der Waals surface area contributed by atoms with Crippen molar-refractivity contribution in [2.24, 2.45) is 23.7 Å². The molecule has 0 radical (unpaired) electrons. The standard InChI is InChI=1S/C26H22N2O6/c1-14-10-16(13-34-18(29)9-8-15-6-4-3-5-7-15)12-17(11-14)28-25(32)21-19-20(22(21)26(28)33)24(31)27(2)23(19)30/h3-12,19-22H,13H2,1-2H3/b9-8+. The molecule has 2 heterocycles. The summed E-state index contributed by atoms with van der Waals surface area (Å²) in [5, 5.41) is 0. The lowest BCUT2D eigenvalue weighted by atomic mass is 9.59. The van der Waals surface area contributed by atoms with Gasteiger partial charge < -0.3 is 4.74 Å². The van der Waals surface area contributed by atoms with Gasteiger partial charge in [0.05, 0.1) is 29.4 Å². The van der Waals surface area contributed by atoms with Crippen molar-refractivity contribution in [2.75, 3.05) is 11.9 Å². The number of anilines is 1. The summed E-state index contributed by atoms with van der Waals surface area (Å²) in [6.45, 7) is 1.77. The van der Waals surface area contributed by atoms with Gasteiger partial charge in [-0.3, -0.25) is 24.1 Å². The average Bonchev–Trinajstić information content (AvgIpc) is 3.11. The third-order valence-corrected chi connectivity index (χ3v) is 6.76. The summed E-state index contributed by atoms with van der Waals surface area (Å²) in [6.07, 6.45) is 2.99. The average molecular weight is 458 g/mol. The Labute approximate surface area is 195 Å². The Morgan fingerprint density at radius 1 is 0.882 bits per heavy atom.